The third-order valence-electron chi connectivity index (χ3n) is 3.64. The molecule has 0 aliphatic rings. The van der Waals surface area contributed by atoms with Crippen molar-refractivity contribution in [3.63, 3.8) is 0 Å². The molecule has 0 aliphatic carbocycles. The maximum absolute atomic E-state index is 12.3. The van der Waals surface area contributed by atoms with Gasteiger partial charge in [0.2, 0.25) is 15.9 Å². The van der Waals surface area contributed by atoms with E-state index in [0.717, 1.165) is 5.56 Å². The first-order valence-corrected chi connectivity index (χ1v) is 9.77. The van der Waals surface area contributed by atoms with Gasteiger partial charge in [-0.15, -0.1) is 0 Å². The smallest absolute Gasteiger partial charge is 0.289 e. The molecule has 0 heterocycles. The summed E-state index contributed by atoms with van der Waals surface area (Å²) in [5, 5.41) is 14.1. The number of hydrogen-bond acceptors (Lipinski definition) is 5. The minimum absolute atomic E-state index is 0.164. The Labute approximate surface area is 161 Å². The van der Waals surface area contributed by atoms with Crippen molar-refractivity contribution in [1.29, 1.82) is 0 Å². The second-order valence-corrected chi connectivity index (χ2v) is 8.05. The van der Waals surface area contributed by atoms with Crippen molar-refractivity contribution in [2.75, 3.05) is 11.9 Å². The van der Waals surface area contributed by atoms with Crippen molar-refractivity contribution in [3.8, 4) is 0 Å². The molecule has 2 rings (SSSR count). The van der Waals surface area contributed by atoms with Gasteiger partial charge in [-0.1, -0.05) is 23.7 Å². The van der Waals surface area contributed by atoms with Gasteiger partial charge in [0.05, 0.1) is 15.6 Å². The van der Waals surface area contributed by atoms with Crippen molar-refractivity contribution in [2.45, 2.75) is 25.2 Å². The monoisotopic (exact) mass is 411 g/mol. The number of sulfonamides is 1. The molecule has 0 saturated heterocycles. The first-order chi connectivity index (χ1) is 12.6. The van der Waals surface area contributed by atoms with Crippen LogP contribution >= 0.6 is 11.6 Å². The SMILES string of the molecule is Cc1ccc(NC(=O)CCNS(=O)(=O)c2ccc(C)cc2[N+](=O)[O-])c(Cl)c1. The highest BCUT2D eigenvalue weighted by Gasteiger charge is 2.25. The zero-order chi connectivity index (χ0) is 20.2. The van der Waals surface area contributed by atoms with Gasteiger partial charge in [0.25, 0.3) is 5.69 Å². The summed E-state index contributed by atoms with van der Waals surface area (Å²) in [6, 6.07) is 8.93. The largest absolute Gasteiger partial charge is 0.325 e. The summed E-state index contributed by atoms with van der Waals surface area (Å²) in [7, 11) is -4.13. The maximum Gasteiger partial charge on any atom is 0.289 e. The first-order valence-electron chi connectivity index (χ1n) is 7.91. The molecule has 0 aliphatic heterocycles. The Bertz CT molecular complexity index is 992. The quantitative estimate of drug-likeness (QED) is 0.535. The summed E-state index contributed by atoms with van der Waals surface area (Å²) in [5.41, 5.74) is 1.41. The molecule has 1 amide bonds. The average molecular weight is 412 g/mol. The fourth-order valence-corrected chi connectivity index (χ4v) is 3.77. The van der Waals surface area contributed by atoms with Crippen molar-refractivity contribution in [1.82, 2.24) is 4.72 Å². The summed E-state index contributed by atoms with van der Waals surface area (Å²) in [5.74, 6) is -0.443. The molecular weight excluding hydrogens is 394 g/mol. The van der Waals surface area contributed by atoms with Crippen LogP contribution in [0.3, 0.4) is 0 Å². The van der Waals surface area contributed by atoms with Crippen LogP contribution in [0, 0.1) is 24.0 Å². The van der Waals surface area contributed by atoms with Crippen LogP contribution in [0.5, 0.6) is 0 Å². The van der Waals surface area contributed by atoms with Gasteiger partial charge in [-0.05, 0) is 43.2 Å². The van der Waals surface area contributed by atoms with Gasteiger partial charge < -0.3 is 5.32 Å². The fourth-order valence-electron chi connectivity index (χ4n) is 2.31. The molecule has 0 spiro atoms. The van der Waals surface area contributed by atoms with Crippen molar-refractivity contribution < 1.29 is 18.1 Å². The zero-order valence-electron chi connectivity index (χ0n) is 14.7. The zero-order valence-corrected chi connectivity index (χ0v) is 16.2. The molecule has 2 aromatic carbocycles. The van der Waals surface area contributed by atoms with Crippen molar-refractivity contribution in [2.24, 2.45) is 0 Å². The lowest BCUT2D eigenvalue weighted by molar-refractivity contribution is -0.387. The fraction of sp³-hybridized carbons (Fsp3) is 0.235. The topological polar surface area (TPSA) is 118 Å². The normalized spacial score (nSPS) is 11.2. The van der Waals surface area contributed by atoms with Crippen LogP contribution < -0.4 is 10.0 Å². The lowest BCUT2D eigenvalue weighted by Crippen LogP contribution is -2.28. The van der Waals surface area contributed by atoms with Crippen LogP contribution in [0.2, 0.25) is 5.02 Å². The number of aryl methyl sites for hydroxylation is 2. The van der Waals surface area contributed by atoms with Gasteiger partial charge in [-0.25, -0.2) is 13.1 Å². The molecule has 144 valence electrons. The van der Waals surface area contributed by atoms with Crippen LogP contribution in [-0.4, -0.2) is 25.8 Å². The minimum atomic E-state index is -4.13. The minimum Gasteiger partial charge on any atom is -0.325 e. The molecule has 2 N–H and O–H groups in total. The summed E-state index contributed by atoms with van der Waals surface area (Å²) in [4.78, 5) is 21.9. The molecule has 27 heavy (non-hydrogen) atoms. The number of carbonyl (C=O) groups is 1. The summed E-state index contributed by atoms with van der Waals surface area (Å²) in [6.07, 6.45) is -0.164. The van der Waals surface area contributed by atoms with E-state index >= 15 is 0 Å². The Hall–Kier alpha value is -2.49. The molecule has 0 unspecified atom stereocenters. The van der Waals surface area contributed by atoms with Crippen molar-refractivity contribution >= 4 is 38.9 Å². The Morgan fingerprint density at radius 3 is 2.41 bits per heavy atom. The molecule has 0 atom stereocenters. The number of rotatable bonds is 7. The standard InChI is InChI=1S/C17H18ClN3O5S/c1-11-3-5-14(13(18)9-11)20-17(22)7-8-19-27(25,26)16-6-4-12(2)10-15(16)21(23)24/h3-6,9-10,19H,7-8H2,1-2H3,(H,20,22). The van der Waals surface area contributed by atoms with E-state index in [1.165, 1.54) is 18.2 Å². The van der Waals surface area contributed by atoms with E-state index in [1.807, 2.05) is 6.92 Å². The van der Waals surface area contributed by atoms with E-state index in [-0.39, 0.29) is 13.0 Å². The number of carbonyl (C=O) groups excluding carboxylic acids is 1. The number of nitrogens with one attached hydrogen (secondary N) is 2. The number of anilines is 1. The second kappa shape index (κ2) is 8.47. The predicted octanol–water partition coefficient (Wildman–Crippen LogP) is 3.17. The van der Waals surface area contributed by atoms with E-state index in [9.17, 15) is 23.3 Å². The highest BCUT2D eigenvalue weighted by atomic mass is 35.5. The predicted molar refractivity (Wildman–Crippen MR) is 102 cm³/mol. The number of amides is 1. The van der Waals surface area contributed by atoms with Crippen LogP contribution in [0.4, 0.5) is 11.4 Å². The molecule has 0 bridgehead atoms. The second-order valence-electron chi connectivity index (χ2n) is 5.91. The first kappa shape index (κ1) is 20.8. The molecule has 0 fully saturated rings. The number of halogens is 1. The Morgan fingerprint density at radius 1 is 1.15 bits per heavy atom. The van der Waals surface area contributed by atoms with Gasteiger partial charge >= 0.3 is 0 Å². The third-order valence-corrected chi connectivity index (χ3v) is 5.46. The highest BCUT2D eigenvalue weighted by Crippen LogP contribution is 2.25. The lowest BCUT2D eigenvalue weighted by atomic mass is 10.2. The Morgan fingerprint density at radius 2 is 1.78 bits per heavy atom. The van der Waals surface area contributed by atoms with Crippen LogP contribution in [0.1, 0.15) is 17.5 Å². The van der Waals surface area contributed by atoms with Crippen LogP contribution in [0.15, 0.2) is 41.3 Å². The Kier molecular flexibility index (Phi) is 6.53. The van der Waals surface area contributed by atoms with E-state index in [4.69, 9.17) is 11.6 Å². The number of hydrogen-bond donors (Lipinski definition) is 2. The molecule has 0 aromatic heterocycles. The number of benzene rings is 2. The van der Waals surface area contributed by atoms with Gasteiger partial charge in [-0.2, -0.15) is 0 Å². The maximum atomic E-state index is 12.3. The van der Waals surface area contributed by atoms with E-state index < -0.39 is 31.4 Å². The summed E-state index contributed by atoms with van der Waals surface area (Å²) >= 11 is 6.03. The highest BCUT2D eigenvalue weighted by molar-refractivity contribution is 7.89. The van der Waals surface area contributed by atoms with Gasteiger partial charge in [0, 0.05) is 19.0 Å². The number of nitrogens with zero attached hydrogens (tertiary/aromatic N) is 1. The summed E-state index contributed by atoms with van der Waals surface area (Å²) < 4.78 is 26.9. The molecule has 8 nitrogen and oxygen atoms in total. The molecule has 0 radical (unpaired) electrons. The summed E-state index contributed by atoms with van der Waals surface area (Å²) in [6.45, 7) is 3.26. The van der Waals surface area contributed by atoms with Crippen LogP contribution in [-0.2, 0) is 14.8 Å². The molecule has 0 saturated carbocycles. The van der Waals surface area contributed by atoms with E-state index in [0.29, 0.717) is 16.3 Å². The number of nitro groups is 1. The number of nitro benzene ring substituents is 1. The van der Waals surface area contributed by atoms with Gasteiger partial charge in [-0.3, -0.25) is 14.9 Å². The van der Waals surface area contributed by atoms with E-state index in [1.54, 1.807) is 25.1 Å². The van der Waals surface area contributed by atoms with E-state index in [2.05, 4.69) is 10.0 Å². The van der Waals surface area contributed by atoms with Gasteiger partial charge in [0.15, 0.2) is 4.90 Å². The average Bonchev–Trinajstić information content (AvgIpc) is 2.57. The third kappa shape index (κ3) is 5.49. The molecular formula is C17H18ClN3O5S. The Balaban J connectivity index is 2.02. The molecule has 2 aromatic rings. The van der Waals surface area contributed by atoms with Crippen molar-refractivity contribution in [3.05, 3.63) is 62.7 Å². The molecule has 10 heteroatoms. The lowest BCUT2D eigenvalue weighted by Gasteiger charge is -2.09. The van der Waals surface area contributed by atoms with Gasteiger partial charge in [0.1, 0.15) is 0 Å². The van der Waals surface area contributed by atoms with Crippen LogP contribution in [0.25, 0.3) is 0 Å².